The Labute approximate surface area is 235 Å². The van der Waals surface area contributed by atoms with Gasteiger partial charge in [-0.2, -0.15) is 19.1 Å². The molecule has 0 spiro atoms. The van der Waals surface area contributed by atoms with Gasteiger partial charge in [-0.05, 0) is 56.3 Å². The van der Waals surface area contributed by atoms with Gasteiger partial charge in [0.25, 0.3) is 0 Å². The van der Waals surface area contributed by atoms with E-state index in [9.17, 15) is 18.0 Å². The number of hydrogen-bond acceptors (Lipinski definition) is 8. The molecule has 0 radical (unpaired) electrons. The van der Waals surface area contributed by atoms with Crippen LogP contribution in [0.4, 0.5) is 13.2 Å². The van der Waals surface area contributed by atoms with Gasteiger partial charge in [0.05, 0.1) is 26.0 Å². The fourth-order valence-electron chi connectivity index (χ4n) is 3.85. The fourth-order valence-corrected chi connectivity index (χ4v) is 3.85. The van der Waals surface area contributed by atoms with Gasteiger partial charge in [0, 0.05) is 22.3 Å². The van der Waals surface area contributed by atoms with E-state index in [2.05, 4.69) is 5.16 Å². The largest absolute Gasteiger partial charge is 0.503 e. The van der Waals surface area contributed by atoms with Crippen LogP contribution in [0.15, 0.2) is 89.8 Å². The molecule has 0 aliphatic rings. The molecule has 0 unspecified atom stereocenters. The van der Waals surface area contributed by atoms with E-state index in [1.165, 1.54) is 32.6 Å². The van der Waals surface area contributed by atoms with Gasteiger partial charge in [0.2, 0.25) is 0 Å². The van der Waals surface area contributed by atoms with Gasteiger partial charge in [0.15, 0.2) is 5.76 Å². The summed E-state index contributed by atoms with van der Waals surface area (Å²) in [5, 5.41) is 4.25. The first-order valence-corrected chi connectivity index (χ1v) is 12.3. The number of halogens is 3. The number of allylic oxidation sites excluding steroid dienone is 1. The summed E-state index contributed by atoms with van der Waals surface area (Å²) in [6, 6.07) is 17.9. The van der Waals surface area contributed by atoms with Gasteiger partial charge >= 0.3 is 12.1 Å². The molecule has 41 heavy (non-hydrogen) atoms. The molecule has 0 aliphatic heterocycles. The molecule has 11 heteroatoms. The van der Waals surface area contributed by atoms with E-state index < -0.39 is 17.7 Å². The maximum atomic E-state index is 13.1. The number of benzene rings is 3. The van der Waals surface area contributed by atoms with Gasteiger partial charge in [-0.25, -0.2) is 4.79 Å². The molecule has 0 atom stereocenters. The van der Waals surface area contributed by atoms with E-state index in [1.807, 2.05) is 0 Å². The second kappa shape index (κ2) is 14.0. The zero-order chi connectivity index (χ0) is 30.0. The SMILES string of the molecule is CCON=C(C(C)=C(ON)c1ccccc1C(=COC)C(=O)OC)c1ccc(Oc2cccc(C(F)(F)F)c2)cc1. The van der Waals surface area contributed by atoms with Crippen molar-refractivity contribution in [1.82, 2.24) is 0 Å². The summed E-state index contributed by atoms with van der Waals surface area (Å²) >= 11 is 0. The first-order valence-electron chi connectivity index (χ1n) is 12.3. The molecule has 0 heterocycles. The van der Waals surface area contributed by atoms with Crippen molar-refractivity contribution in [2.75, 3.05) is 20.8 Å². The van der Waals surface area contributed by atoms with Crippen molar-refractivity contribution in [2.45, 2.75) is 20.0 Å². The Morgan fingerprint density at radius 2 is 1.63 bits per heavy atom. The summed E-state index contributed by atoms with van der Waals surface area (Å²) < 4.78 is 54.9. The summed E-state index contributed by atoms with van der Waals surface area (Å²) in [5.74, 6) is 5.63. The molecular formula is C30H29F3N2O6. The van der Waals surface area contributed by atoms with Crippen molar-refractivity contribution in [3.8, 4) is 11.5 Å². The van der Waals surface area contributed by atoms with E-state index >= 15 is 0 Å². The summed E-state index contributed by atoms with van der Waals surface area (Å²) in [6.07, 6.45) is -3.23. The number of ether oxygens (including phenoxy) is 3. The van der Waals surface area contributed by atoms with Crippen LogP contribution in [0.2, 0.25) is 0 Å². The first-order chi connectivity index (χ1) is 19.6. The van der Waals surface area contributed by atoms with Crippen LogP contribution in [-0.4, -0.2) is 32.5 Å². The van der Waals surface area contributed by atoms with Crippen molar-refractivity contribution < 1.29 is 41.9 Å². The summed E-state index contributed by atoms with van der Waals surface area (Å²) in [7, 11) is 2.66. The van der Waals surface area contributed by atoms with Gasteiger partial charge in [-0.15, -0.1) is 0 Å². The topological polar surface area (TPSA) is 102 Å². The molecule has 8 nitrogen and oxygen atoms in total. The van der Waals surface area contributed by atoms with E-state index in [1.54, 1.807) is 62.4 Å². The Balaban J connectivity index is 2.04. The Morgan fingerprint density at radius 1 is 0.951 bits per heavy atom. The maximum absolute atomic E-state index is 13.1. The molecule has 0 fully saturated rings. The van der Waals surface area contributed by atoms with Crippen LogP contribution in [0.3, 0.4) is 0 Å². The number of methoxy groups -OCH3 is 2. The van der Waals surface area contributed by atoms with Crippen LogP contribution in [0.1, 0.15) is 36.1 Å². The average Bonchev–Trinajstić information content (AvgIpc) is 2.97. The second-order valence-electron chi connectivity index (χ2n) is 8.39. The molecule has 0 aromatic heterocycles. The normalized spacial score (nSPS) is 12.8. The maximum Gasteiger partial charge on any atom is 0.416 e. The van der Waals surface area contributed by atoms with Crippen LogP contribution in [-0.2, 0) is 30.1 Å². The Morgan fingerprint density at radius 3 is 2.22 bits per heavy atom. The lowest BCUT2D eigenvalue weighted by Crippen LogP contribution is -2.13. The lowest BCUT2D eigenvalue weighted by Gasteiger charge is -2.17. The smallest absolute Gasteiger partial charge is 0.416 e. The fraction of sp³-hybridized carbons (Fsp3) is 0.200. The number of esters is 1. The summed E-state index contributed by atoms with van der Waals surface area (Å²) in [4.78, 5) is 23.2. The molecule has 0 saturated heterocycles. The van der Waals surface area contributed by atoms with Crippen molar-refractivity contribution in [3.05, 3.63) is 107 Å². The number of oxime groups is 1. The highest BCUT2D eigenvalue weighted by Gasteiger charge is 2.30. The minimum absolute atomic E-state index is 0.0350. The van der Waals surface area contributed by atoms with Gasteiger partial charge in [0.1, 0.15) is 29.4 Å². The van der Waals surface area contributed by atoms with Crippen molar-refractivity contribution in [3.63, 3.8) is 0 Å². The van der Waals surface area contributed by atoms with E-state index in [-0.39, 0.29) is 23.7 Å². The molecule has 216 valence electrons. The molecule has 0 saturated carbocycles. The van der Waals surface area contributed by atoms with Crippen molar-refractivity contribution in [2.24, 2.45) is 11.1 Å². The molecule has 0 bridgehead atoms. The quantitative estimate of drug-likeness (QED) is 0.0898. The van der Waals surface area contributed by atoms with E-state index in [4.69, 9.17) is 29.8 Å². The zero-order valence-electron chi connectivity index (χ0n) is 22.8. The number of alkyl halides is 3. The van der Waals surface area contributed by atoms with Crippen LogP contribution in [0.5, 0.6) is 11.5 Å². The molecule has 0 amide bonds. The van der Waals surface area contributed by atoms with Gasteiger partial charge in [-0.3, -0.25) is 0 Å². The lowest BCUT2D eigenvalue weighted by atomic mass is 9.94. The highest BCUT2D eigenvalue weighted by molar-refractivity contribution is 6.19. The summed E-state index contributed by atoms with van der Waals surface area (Å²) in [6.45, 7) is 3.74. The number of carbonyl (C=O) groups excluding carboxylic acids is 1. The lowest BCUT2D eigenvalue weighted by molar-refractivity contribution is -0.137. The zero-order valence-corrected chi connectivity index (χ0v) is 22.8. The second-order valence-corrected chi connectivity index (χ2v) is 8.39. The molecule has 3 aromatic rings. The third-order valence-electron chi connectivity index (χ3n) is 5.73. The van der Waals surface area contributed by atoms with Crippen molar-refractivity contribution >= 4 is 23.0 Å². The Bertz CT molecular complexity index is 1450. The van der Waals surface area contributed by atoms with E-state index in [0.29, 0.717) is 33.7 Å². The molecular weight excluding hydrogens is 541 g/mol. The van der Waals surface area contributed by atoms with Crippen LogP contribution < -0.4 is 10.6 Å². The van der Waals surface area contributed by atoms with Crippen molar-refractivity contribution in [1.29, 1.82) is 0 Å². The molecule has 0 aliphatic carbocycles. The standard InChI is InChI=1S/C30H29F3N2O6/c1-5-39-35-27(20-13-15-22(16-14-20)40-23-10-8-9-21(17-23)30(31,32)33)19(2)28(41-34)25-12-7-6-11-24(25)26(18-37-3)29(36)38-4/h6-18H,5,34H2,1-4H3. The molecule has 2 N–H and O–H groups in total. The minimum Gasteiger partial charge on any atom is -0.503 e. The number of carbonyl (C=O) groups is 1. The Kier molecular flexibility index (Phi) is 10.5. The monoisotopic (exact) mass is 570 g/mol. The molecule has 3 rings (SSSR count). The van der Waals surface area contributed by atoms with Crippen LogP contribution in [0.25, 0.3) is 11.3 Å². The molecule has 3 aromatic carbocycles. The average molecular weight is 571 g/mol. The predicted octanol–water partition coefficient (Wildman–Crippen LogP) is 6.72. The van der Waals surface area contributed by atoms with Crippen LogP contribution in [0, 0.1) is 0 Å². The van der Waals surface area contributed by atoms with Crippen LogP contribution >= 0.6 is 0 Å². The highest BCUT2D eigenvalue weighted by atomic mass is 19.4. The van der Waals surface area contributed by atoms with Gasteiger partial charge in [-0.1, -0.05) is 35.5 Å². The Hall–Kier alpha value is -4.77. The van der Waals surface area contributed by atoms with E-state index in [0.717, 1.165) is 12.1 Å². The first kappa shape index (κ1) is 30.8. The predicted molar refractivity (Wildman–Crippen MR) is 147 cm³/mol. The summed E-state index contributed by atoms with van der Waals surface area (Å²) in [5.41, 5.74) is 1.58. The highest BCUT2D eigenvalue weighted by Crippen LogP contribution is 2.33. The number of nitrogens with zero attached hydrogens (tertiary/aromatic N) is 1. The minimum atomic E-state index is -4.49. The number of nitrogens with two attached hydrogens (primary N) is 1. The third-order valence-corrected chi connectivity index (χ3v) is 5.73. The van der Waals surface area contributed by atoms with Gasteiger partial charge < -0.3 is 23.9 Å². The number of rotatable bonds is 11. The third kappa shape index (κ3) is 7.67. The number of hydrogen-bond donors (Lipinski definition) is 1.